The van der Waals surface area contributed by atoms with Gasteiger partial charge in [-0.15, -0.1) is 0 Å². The van der Waals surface area contributed by atoms with Crippen molar-refractivity contribution in [2.45, 2.75) is 18.8 Å². The molecule has 0 amide bonds. The standard InChI is InChI=1S/C20H22N2/c1-2-5-14(6-3-1)16-9-15-7-4-8-22-13-17-11-21-12-19(17)18(10-16)20(15)22/h1-3,5-6,9-10,17,19,21H,4,7-8,11-13H2/t17-,19-/m1/s1. The van der Waals surface area contributed by atoms with Gasteiger partial charge in [-0.1, -0.05) is 30.3 Å². The van der Waals surface area contributed by atoms with Gasteiger partial charge in [0.25, 0.3) is 0 Å². The van der Waals surface area contributed by atoms with Gasteiger partial charge in [0.05, 0.1) is 0 Å². The predicted molar refractivity (Wildman–Crippen MR) is 91.5 cm³/mol. The third-order valence-corrected chi connectivity index (χ3v) is 5.71. The lowest BCUT2D eigenvalue weighted by atomic mass is 9.79. The Morgan fingerprint density at radius 2 is 1.91 bits per heavy atom. The van der Waals surface area contributed by atoms with Gasteiger partial charge in [0, 0.05) is 37.8 Å². The Morgan fingerprint density at radius 1 is 1.00 bits per heavy atom. The number of hydrogen-bond donors (Lipinski definition) is 1. The van der Waals surface area contributed by atoms with Crippen molar-refractivity contribution in [3.63, 3.8) is 0 Å². The largest absolute Gasteiger partial charge is 0.371 e. The van der Waals surface area contributed by atoms with Gasteiger partial charge in [-0.05, 0) is 53.1 Å². The smallest absolute Gasteiger partial charge is 0.0435 e. The predicted octanol–water partition coefficient (Wildman–Crippen LogP) is 3.42. The van der Waals surface area contributed by atoms with E-state index < -0.39 is 0 Å². The highest BCUT2D eigenvalue weighted by Crippen LogP contribution is 2.46. The number of aryl methyl sites for hydroxylation is 1. The molecule has 1 fully saturated rings. The van der Waals surface area contributed by atoms with Crippen LogP contribution in [0.2, 0.25) is 0 Å². The highest BCUT2D eigenvalue weighted by molar-refractivity contribution is 5.74. The minimum atomic E-state index is 0.715. The molecule has 3 aliphatic rings. The summed E-state index contributed by atoms with van der Waals surface area (Å²) < 4.78 is 0. The summed E-state index contributed by atoms with van der Waals surface area (Å²) in [5.74, 6) is 1.51. The molecule has 0 aromatic heterocycles. The van der Waals surface area contributed by atoms with Crippen molar-refractivity contribution in [2.24, 2.45) is 5.92 Å². The van der Waals surface area contributed by atoms with E-state index in [0.717, 1.165) is 12.5 Å². The molecule has 3 heterocycles. The maximum atomic E-state index is 3.62. The SMILES string of the molecule is c1ccc(-c2cc3c4c(c2)[C@@H]2CNC[C@@H]2CN4CCC3)cc1. The van der Waals surface area contributed by atoms with Crippen molar-refractivity contribution in [3.05, 3.63) is 53.6 Å². The number of nitrogens with zero attached hydrogens (tertiary/aromatic N) is 1. The maximum Gasteiger partial charge on any atom is 0.0435 e. The molecule has 2 nitrogen and oxygen atoms in total. The van der Waals surface area contributed by atoms with E-state index in [4.69, 9.17) is 0 Å². The quantitative estimate of drug-likeness (QED) is 0.865. The van der Waals surface area contributed by atoms with Crippen molar-refractivity contribution in [2.75, 3.05) is 31.1 Å². The van der Waals surface area contributed by atoms with E-state index in [2.05, 4.69) is 52.7 Å². The summed E-state index contributed by atoms with van der Waals surface area (Å²) in [4.78, 5) is 2.66. The minimum Gasteiger partial charge on any atom is -0.371 e. The van der Waals surface area contributed by atoms with Crippen LogP contribution in [0.4, 0.5) is 5.69 Å². The van der Waals surface area contributed by atoms with Crippen molar-refractivity contribution < 1.29 is 0 Å². The fourth-order valence-corrected chi connectivity index (χ4v) is 4.70. The van der Waals surface area contributed by atoms with Crippen LogP contribution < -0.4 is 10.2 Å². The monoisotopic (exact) mass is 290 g/mol. The highest BCUT2D eigenvalue weighted by Gasteiger charge is 2.38. The Balaban J connectivity index is 1.71. The zero-order valence-electron chi connectivity index (χ0n) is 12.9. The Morgan fingerprint density at radius 3 is 2.82 bits per heavy atom. The Kier molecular flexibility index (Phi) is 2.80. The van der Waals surface area contributed by atoms with Crippen LogP contribution in [0.1, 0.15) is 23.5 Å². The molecule has 2 aromatic carbocycles. The number of benzene rings is 2. The summed E-state index contributed by atoms with van der Waals surface area (Å²) >= 11 is 0. The van der Waals surface area contributed by atoms with Crippen molar-refractivity contribution in [3.8, 4) is 11.1 Å². The Bertz CT molecular complexity index is 707. The highest BCUT2D eigenvalue weighted by atomic mass is 15.2. The van der Waals surface area contributed by atoms with E-state index in [1.54, 1.807) is 16.8 Å². The molecule has 2 aromatic rings. The van der Waals surface area contributed by atoms with Crippen LogP contribution in [0.15, 0.2) is 42.5 Å². The molecule has 1 N–H and O–H groups in total. The molecule has 0 saturated carbocycles. The molecule has 5 rings (SSSR count). The summed E-state index contributed by atoms with van der Waals surface area (Å²) in [7, 11) is 0. The van der Waals surface area contributed by atoms with E-state index in [1.165, 1.54) is 43.6 Å². The number of rotatable bonds is 1. The van der Waals surface area contributed by atoms with Crippen molar-refractivity contribution in [1.82, 2.24) is 5.32 Å². The molecule has 2 heteroatoms. The molecule has 112 valence electrons. The van der Waals surface area contributed by atoms with Gasteiger partial charge < -0.3 is 10.2 Å². The van der Waals surface area contributed by atoms with E-state index in [0.29, 0.717) is 5.92 Å². The van der Waals surface area contributed by atoms with Gasteiger partial charge >= 0.3 is 0 Å². The van der Waals surface area contributed by atoms with Crippen LogP contribution in [0.25, 0.3) is 11.1 Å². The van der Waals surface area contributed by atoms with Gasteiger partial charge in [0.15, 0.2) is 0 Å². The zero-order chi connectivity index (χ0) is 14.5. The first-order valence-electron chi connectivity index (χ1n) is 8.58. The first kappa shape index (κ1) is 12.7. The topological polar surface area (TPSA) is 15.3 Å². The van der Waals surface area contributed by atoms with Crippen molar-refractivity contribution >= 4 is 5.69 Å². The molecule has 3 aliphatic heterocycles. The molecule has 0 spiro atoms. The van der Waals surface area contributed by atoms with Crippen LogP contribution >= 0.6 is 0 Å². The van der Waals surface area contributed by atoms with E-state index in [1.807, 2.05) is 0 Å². The molecule has 0 bridgehead atoms. The molecular weight excluding hydrogens is 268 g/mol. The fourth-order valence-electron chi connectivity index (χ4n) is 4.70. The summed E-state index contributed by atoms with van der Waals surface area (Å²) in [5.41, 5.74) is 7.52. The van der Waals surface area contributed by atoms with E-state index in [-0.39, 0.29) is 0 Å². The fraction of sp³-hybridized carbons (Fsp3) is 0.400. The zero-order valence-corrected chi connectivity index (χ0v) is 12.9. The number of hydrogen-bond acceptors (Lipinski definition) is 2. The molecule has 0 radical (unpaired) electrons. The average Bonchev–Trinajstić information content (AvgIpc) is 3.04. The summed E-state index contributed by atoms with van der Waals surface area (Å²) in [6, 6.07) is 15.8. The lowest BCUT2D eigenvalue weighted by molar-refractivity contribution is 0.470. The second kappa shape index (κ2) is 4.85. The van der Waals surface area contributed by atoms with E-state index >= 15 is 0 Å². The molecule has 22 heavy (non-hydrogen) atoms. The molecule has 1 saturated heterocycles. The summed E-state index contributed by atoms with van der Waals surface area (Å²) in [6.07, 6.45) is 2.54. The second-order valence-corrected chi connectivity index (χ2v) is 7.01. The lowest BCUT2D eigenvalue weighted by Crippen LogP contribution is -2.40. The number of fused-ring (bicyclic) bond motifs is 2. The van der Waals surface area contributed by atoms with Crippen LogP contribution in [0.5, 0.6) is 0 Å². The second-order valence-electron chi connectivity index (χ2n) is 7.01. The minimum absolute atomic E-state index is 0.715. The molecule has 2 atom stereocenters. The molecule has 0 aliphatic carbocycles. The lowest BCUT2D eigenvalue weighted by Gasteiger charge is -2.42. The summed E-state index contributed by atoms with van der Waals surface area (Å²) in [5, 5.41) is 3.62. The first-order chi connectivity index (χ1) is 10.9. The normalized spacial score (nSPS) is 25.7. The Hall–Kier alpha value is -1.80. The third kappa shape index (κ3) is 1.83. The van der Waals surface area contributed by atoms with Gasteiger partial charge in [-0.25, -0.2) is 0 Å². The van der Waals surface area contributed by atoms with Gasteiger partial charge in [-0.2, -0.15) is 0 Å². The molecular formula is C20H22N2. The maximum absolute atomic E-state index is 3.62. The first-order valence-corrected chi connectivity index (χ1v) is 8.58. The summed E-state index contributed by atoms with van der Waals surface area (Å²) in [6.45, 7) is 4.84. The Labute approximate surface area is 132 Å². The van der Waals surface area contributed by atoms with Crippen LogP contribution in [0.3, 0.4) is 0 Å². The van der Waals surface area contributed by atoms with Crippen LogP contribution in [-0.2, 0) is 6.42 Å². The van der Waals surface area contributed by atoms with Crippen LogP contribution in [-0.4, -0.2) is 26.2 Å². The number of nitrogens with one attached hydrogen (secondary N) is 1. The van der Waals surface area contributed by atoms with Gasteiger partial charge in [0.1, 0.15) is 0 Å². The van der Waals surface area contributed by atoms with E-state index in [9.17, 15) is 0 Å². The van der Waals surface area contributed by atoms with Crippen molar-refractivity contribution in [1.29, 1.82) is 0 Å². The average molecular weight is 290 g/mol. The van der Waals surface area contributed by atoms with Gasteiger partial charge in [-0.3, -0.25) is 0 Å². The molecule has 0 unspecified atom stereocenters. The third-order valence-electron chi connectivity index (χ3n) is 5.71. The van der Waals surface area contributed by atoms with Crippen LogP contribution in [0, 0.1) is 5.92 Å². The number of anilines is 1. The van der Waals surface area contributed by atoms with Gasteiger partial charge in [0.2, 0.25) is 0 Å².